The average molecular weight is 345 g/mol. The van der Waals surface area contributed by atoms with Crippen molar-refractivity contribution in [2.24, 2.45) is 0 Å². The van der Waals surface area contributed by atoms with E-state index in [9.17, 15) is 5.11 Å². The molecule has 0 N–H and O–H groups in total. The summed E-state index contributed by atoms with van der Waals surface area (Å²) in [5, 5.41) is 10.6. The van der Waals surface area contributed by atoms with E-state index in [-0.39, 0.29) is 5.75 Å². The maximum atomic E-state index is 10.6. The highest BCUT2D eigenvalue weighted by Crippen LogP contribution is 2.19. The van der Waals surface area contributed by atoms with Crippen molar-refractivity contribution in [1.82, 2.24) is 0 Å². The first-order chi connectivity index (χ1) is 4.20. The van der Waals surface area contributed by atoms with Gasteiger partial charge < -0.3 is 0 Å². The molecule has 0 fully saturated rings. The maximum absolute atomic E-state index is 10.6. The zero-order valence-corrected chi connectivity index (χ0v) is 8.71. The predicted molar refractivity (Wildman–Crippen MR) is 52.0 cm³/mol. The van der Waals surface area contributed by atoms with E-state index < -0.39 is 0 Å². The highest BCUT2D eigenvalue weighted by molar-refractivity contribution is 14.1. The first-order valence-electron chi connectivity index (χ1n) is 2.32. The van der Waals surface area contributed by atoms with Crippen molar-refractivity contribution in [1.29, 1.82) is 0 Å². The van der Waals surface area contributed by atoms with Crippen molar-refractivity contribution in [2.75, 3.05) is 0 Å². The van der Waals surface area contributed by atoms with Crippen LogP contribution in [0, 0.1) is 7.14 Å². The van der Waals surface area contributed by atoms with Crippen molar-refractivity contribution >= 4 is 45.2 Å². The standard InChI is InChI=1S/C6H3I2O/c7-5-2-1-4(9)3-6(5)8/h1-3H. The molecule has 0 aliphatic carbocycles. The van der Waals surface area contributed by atoms with Gasteiger partial charge in [-0.2, -0.15) is 0 Å². The topological polar surface area (TPSA) is 19.9 Å². The second-order valence-electron chi connectivity index (χ2n) is 1.58. The third-order valence-electron chi connectivity index (χ3n) is 0.891. The van der Waals surface area contributed by atoms with E-state index in [1.54, 1.807) is 12.1 Å². The van der Waals surface area contributed by atoms with Crippen LogP contribution in [0.5, 0.6) is 5.75 Å². The molecule has 1 rings (SSSR count). The lowest BCUT2D eigenvalue weighted by atomic mass is 10.3. The van der Waals surface area contributed by atoms with Crippen molar-refractivity contribution in [3.05, 3.63) is 25.3 Å². The number of benzene rings is 1. The zero-order chi connectivity index (χ0) is 6.85. The third-order valence-corrected chi connectivity index (χ3v) is 3.76. The number of hydrogen-bond donors (Lipinski definition) is 0. The van der Waals surface area contributed by atoms with E-state index in [1.807, 2.05) is 6.07 Å². The van der Waals surface area contributed by atoms with Crippen LogP contribution < -0.4 is 0 Å². The van der Waals surface area contributed by atoms with Crippen molar-refractivity contribution in [3.8, 4) is 5.75 Å². The van der Waals surface area contributed by atoms with Gasteiger partial charge in [0, 0.05) is 7.14 Å². The van der Waals surface area contributed by atoms with Gasteiger partial charge >= 0.3 is 0 Å². The summed E-state index contributed by atoms with van der Waals surface area (Å²) < 4.78 is 2.16. The van der Waals surface area contributed by atoms with Crippen LogP contribution in [0.15, 0.2) is 18.2 Å². The Bertz CT molecular complexity index is 222. The maximum Gasteiger partial charge on any atom is 0.179 e. The number of rotatable bonds is 0. The Labute approximate surface area is 80.7 Å². The molecule has 1 nitrogen and oxygen atoms in total. The van der Waals surface area contributed by atoms with Gasteiger partial charge in [0.1, 0.15) is 0 Å². The Hall–Kier alpha value is 0.480. The normalized spacial score (nSPS) is 9.56. The number of halogens is 2. The SMILES string of the molecule is [O]c1ccc(I)c(I)c1. The van der Waals surface area contributed by atoms with Gasteiger partial charge in [0.15, 0.2) is 5.75 Å². The lowest BCUT2D eigenvalue weighted by Crippen LogP contribution is -1.74. The fourth-order valence-corrected chi connectivity index (χ4v) is 1.30. The summed E-state index contributed by atoms with van der Waals surface area (Å²) in [6.45, 7) is 0. The van der Waals surface area contributed by atoms with Gasteiger partial charge in [-0.1, -0.05) is 0 Å². The molecule has 0 amide bonds. The van der Waals surface area contributed by atoms with Gasteiger partial charge in [-0.25, -0.2) is 0 Å². The van der Waals surface area contributed by atoms with E-state index in [4.69, 9.17) is 0 Å². The van der Waals surface area contributed by atoms with Gasteiger partial charge in [0.25, 0.3) is 0 Å². The summed E-state index contributed by atoms with van der Waals surface area (Å²) >= 11 is 4.34. The molecule has 0 spiro atoms. The molecule has 0 aliphatic rings. The molecule has 1 aromatic carbocycles. The molecule has 0 atom stereocenters. The Kier molecular flexibility index (Phi) is 2.57. The molecule has 0 unspecified atom stereocenters. The van der Waals surface area contributed by atoms with E-state index >= 15 is 0 Å². The Balaban J connectivity index is 3.17. The van der Waals surface area contributed by atoms with Gasteiger partial charge in [-0.15, -0.1) is 0 Å². The van der Waals surface area contributed by atoms with E-state index in [0.717, 1.165) is 7.14 Å². The quantitative estimate of drug-likeness (QED) is 0.645. The smallest absolute Gasteiger partial charge is 0.179 e. The molecule has 3 heteroatoms. The minimum atomic E-state index is 0.0832. The second kappa shape index (κ2) is 3.05. The second-order valence-corrected chi connectivity index (χ2v) is 3.90. The van der Waals surface area contributed by atoms with Crippen LogP contribution in [0.1, 0.15) is 0 Å². The van der Waals surface area contributed by atoms with E-state index in [0.29, 0.717) is 0 Å². The van der Waals surface area contributed by atoms with E-state index in [1.165, 1.54) is 0 Å². The van der Waals surface area contributed by atoms with Crippen molar-refractivity contribution in [3.63, 3.8) is 0 Å². The minimum absolute atomic E-state index is 0.0832. The molecule has 9 heavy (non-hydrogen) atoms. The van der Waals surface area contributed by atoms with Gasteiger partial charge in [0.2, 0.25) is 0 Å². The first-order valence-corrected chi connectivity index (χ1v) is 4.48. The monoisotopic (exact) mass is 345 g/mol. The van der Waals surface area contributed by atoms with Gasteiger partial charge in [-0.3, -0.25) is 5.11 Å². The van der Waals surface area contributed by atoms with E-state index in [2.05, 4.69) is 45.2 Å². The molecular formula is C6H3I2O. The molecule has 0 saturated heterocycles. The van der Waals surface area contributed by atoms with Crippen LogP contribution in [0.3, 0.4) is 0 Å². The van der Waals surface area contributed by atoms with Crippen LogP contribution in [0.4, 0.5) is 0 Å². The van der Waals surface area contributed by atoms with Crippen LogP contribution in [0.25, 0.3) is 0 Å². The molecule has 1 aromatic rings. The molecule has 47 valence electrons. The molecule has 0 aliphatic heterocycles. The molecule has 0 saturated carbocycles. The minimum Gasteiger partial charge on any atom is -0.290 e. The average Bonchev–Trinajstić information content (AvgIpc) is 1.80. The molecule has 1 radical (unpaired) electrons. The summed E-state index contributed by atoms with van der Waals surface area (Å²) in [4.78, 5) is 0. The molecule has 0 bridgehead atoms. The van der Waals surface area contributed by atoms with Crippen LogP contribution >= 0.6 is 45.2 Å². The summed E-state index contributed by atoms with van der Waals surface area (Å²) in [7, 11) is 0. The summed E-state index contributed by atoms with van der Waals surface area (Å²) in [5.74, 6) is 0.0832. The van der Waals surface area contributed by atoms with Gasteiger partial charge in [-0.05, 0) is 63.4 Å². The number of hydrogen-bond acceptors (Lipinski definition) is 0. The predicted octanol–water partition coefficient (Wildman–Crippen LogP) is 3.04. The Morgan fingerprint density at radius 3 is 2.22 bits per heavy atom. The fraction of sp³-hybridized carbons (Fsp3) is 0. The Morgan fingerprint density at radius 2 is 1.78 bits per heavy atom. The highest BCUT2D eigenvalue weighted by Gasteiger charge is 1.95. The lowest BCUT2D eigenvalue weighted by Gasteiger charge is -1.92. The van der Waals surface area contributed by atoms with Crippen molar-refractivity contribution in [2.45, 2.75) is 0 Å². The van der Waals surface area contributed by atoms with Gasteiger partial charge in [0.05, 0.1) is 0 Å². The molecular weight excluding hydrogens is 342 g/mol. The van der Waals surface area contributed by atoms with Crippen LogP contribution in [-0.2, 0) is 5.11 Å². The Morgan fingerprint density at radius 1 is 1.11 bits per heavy atom. The first kappa shape index (κ1) is 7.59. The van der Waals surface area contributed by atoms with Crippen molar-refractivity contribution < 1.29 is 5.11 Å². The van der Waals surface area contributed by atoms with Crippen LogP contribution in [-0.4, -0.2) is 0 Å². The fourth-order valence-electron chi connectivity index (χ4n) is 0.477. The summed E-state index contributed by atoms with van der Waals surface area (Å²) in [5.41, 5.74) is 0. The summed E-state index contributed by atoms with van der Waals surface area (Å²) in [6, 6.07) is 5.02. The molecule has 0 heterocycles. The summed E-state index contributed by atoms with van der Waals surface area (Å²) in [6.07, 6.45) is 0. The third kappa shape index (κ3) is 1.96. The zero-order valence-electron chi connectivity index (χ0n) is 4.40. The highest BCUT2D eigenvalue weighted by atomic mass is 127. The van der Waals surface area contributed by atoms with Crippen LogP contribution in [0.2, 0.25) is 0 Å². The molecule has 0 aromatic heterocycles. The lowest BCUT2D eigenvalue weighted by molar-refractivity contribution is 0.354. The largest absolute Gasteiger partial charge is 0.290 e.